The van der Waals surface area contributed by atoms with E-state index < -0.39 is 34.7 Å². The molecule has 0 spiro atoms. The van der Waals surface area contributed by atoms with E-state index in [1.807, 2.05) is 0 Å². The number of carbonyl (C=O) groups is 4. The zero-order valence-electron chi connectivity index (χ0n) is 14.5. The molecule has 0 N–H and O–H groups in total. The number of ketones is 1. The Balaban J connectivity index is 4.60. The molecule has 0 aromatic carbocycles. The molecule has 0 saturated heterocycles. The second-order valence-electron chi connectivity index (χ2n) is 5.75. The molecule has 24 heavy (non-hydrogen) atoms. The first-order chi connectivity index (χ1) is 11.0. The van der Waals surface area contributed by atoms with Gasteiger partial charge in [-0.25, -0.2) is 4.79 Å². The normalized spacial score (nSPS) is 12.5. The fourth-order valence-corrected chi connectivity index (χ4v) is 2.47. The standard InChI is InChI=1S/C15H24O7S2/c1-9(2)22-13(18)11(7-23)6-12(17)15(4,5)24-14(19)21-8-20-10(3)16/h9,11,23H,6-8H2,1-5H3/t11-/m0/s1. The monoisotopic (exact) mass is 380 g/mol. The lowest BCUT2D eigenvalue weighted by atomic mass is 9.97. The van der Waals surface area contributed by atoms with Gasteiger partial charge in [-0.1, -0.05) is 0 Å². The minimum atomic E-state index is -1.10. The lowest BCUT2D eigenvalue weighted by Gasteiger charge is -2.23. The summed E-state index contributed by atoms with van der Waals surface area (Å²) in [5.74, 6) is -1.90. The molecule has 0 aliphatic heterocycles. The van der Waals surface area contributed by atoms with Gasteiger partial charge in [-0.05, 0) is 39.5 Å². The molecule has 0 fully saturated rings. The maximum atomic E-state index is 12.4. The molecule has 0 saturated carbocycles. The number of hydrogen-bond acceptors (Lipinski definition) is 9. The molecule has 0 unspecified atom stereocenters. The summed E-state index contributed by atoms with van der Waals surface area (Å²) in [4.78, 5) is 46.5. The van der Waals surface area contributed by atoms with Crippen molar-refractivity contribution >= 4 is 47.4 Å². The molecular formula is C15H24O7S2. The predicted octanol–water partition coefficient (Wildman–Crippen LogP) is 2.61. The Morgan fingerprint density at radius 3 is 2.17 bits per heavy atom. The van der Waals surface area contributed by atoms with Gasteiger partial charge in [0.2, 0.25) is 6.79 Å². The van der Waals surface area contributed by atoms with E-state index >= 15 is 0 Å². The van der Waals surface area contributed by atoms with Crippen LogP contribution in [0.4, 0.5) is 4.79 Å². The Kier molecular flexibility index (Phi) is 10.1. The molecular weight excluding hydrogens is 356 g/mol. The Bertz CT molecular complexity index is 474. The molecule has 9 heteroatoms. The molecule has 0 aliphatic rings. The highest BCUT2D eigenvalue weighted by molar-refractivity contribution is 8.15. The third-order valence-corrected chi connectivity index (χ3v) is 4.25. The molecule has 0 aliphatic carbocycles. The third kappa shape index (κ3) is 9.17. The minimum Gasteiger partial charge on any atom is -0.463 e. The smallest absolute Gasteiger partial charge is 0.371 e. The second-order valence-corrected chi connectivity index (χ2v) is 7.68. The molecule has 0 aromatic rings. The molecule has 0 amide bonds. The summed E-state index contributed by atoms with van der Waals surface area (Å²) >= 11 is 4.74. The maximum Gasteiger partial charge on any atom is 0.371 e. The van der Waals surface area contributed by atoms with Gasteiger partial charge in [-0.3, -0.25) is 14.4 Å². The van der Waals surface area contributed by atoms with E-state index in [4.69, 9.17) is 9.47 Å². The summed E-state index contributed by atoms with van der Waals surface area (Å²) in [5, 5.41) is -0.748. The van der Waals surface area contributed by atoms with Gasteiger partial charge >= 0.3 is 17.2 Å². The second kappa shape index (κ2) is 10.6. The van der Waals surface area contributed by atoms with E-state index in [9.17, 15) is 19.2 Å². The molecule has 1 atom stereocenters. The van der Waals surface area contributed by atoms with E-state index in [0.29, 0.717) is 11.8 Å². The lowest BCUT2D eigenvalue weighted by molar-refractivity contribution is -0.153. The number of Topliss-reactive ketones (excluding diaryl/α,β-unsaturated/α-hetero) is 1. The highest BCUT2D eigenvalue weighted by atomic mass is 32.2. The molecule has 138 valence electrons. The number of esters is 2. The van der Waals surface area contributed by atoms with Crippen molar-refractivity contribution in [1.82, 2.24) is 0 Å². The highest BCUT2D eigenvalue weighted by Crippen LogP contribution is 2.30. The Labute approximate surface area is 151 Å². The molecule has 7 nitrogen and oxygen atoms in total. The predicted molar refractivity (Wildman–Crippen MR) is 93.0 cm³/mol. The summed E-state index contributed by atoms with van der Waals surface area (Å²) in [6, 6.07) is 0. The van der Waals surface area contributed by atoms with Crippen LogP contribution in [0.15, 0.2) is 0 Å². The van der Waals surface area contributed by atoms with Crippen molar-refractivity contribution in [3.8, 4) is 0 Å². The van der Waals surface area contributed by atoms with Crippen molar-refractivity contribution in [3.63, 3.8) is 0 Å². The fourth-order valence-electron chi connectivity index (χ4n) is 1.48. The van der Waals surface area contributed by atoms with Crippen molar-refractivity contribution in [2.45, 2.75) is 51.9 Å². The van der Waals surface area contributed by atoms with Crippen LogP contribution >= 0.6 is 24.4 Å². The quantitative estimate of drug-likeness (QED) is 0.370. The highest BCUT2D eigenvalue weighted by Gasteiger charge is 2.35. The van der Waals surface area contributed by atoms with Gasteiger partial charge in [-0.15, -0.1) is 0 Å². The largest absolute Gasteiger partial charge is 0.463 e. The van der Waals surface area contributed by atoms with Gasteiger partial charge in [0.05, 0.1) is 16.8 Å². The number of rotatable bonds is 9. The van der Waals surface area contributed by atoms with Gasteiger partial charge < -0.3 is 14.2 Å². The van der Waals surface area contributed by atoms with E-state index in [-0.39, 0.29) is 24.1 Å². The molecule has 0 bridgehead atoms. The lowest BCUT2D eigenvalue weighted by Crippen LogP contribution is -2.34. The van der Waals surface area contributed by atoms with Crippen molar-refractivity contribution in [2.75, 3.05) is 12.5 Å². The van der Waals surface area contributed by atoms with Gasteiger partial charge in [0.1, 0.15) is 5.78 Å². The van der Waals surface area contributed by atoms with E-state index in [1.54, 1.807) is 27.7 Å². The van der Waals surface area contributed by atoms with Gasteiger partial charge in [0.25, 0.3) is 0 Å². The SMILES string of the molecule is CC(=O)OCOC(=O)SC(C)(C)C(=O)C[C@@H](CS)C(=O)OC(C)C. The average molecular weight is 380 g/mol. The Hall–Kier alpha value is -1.22. The third-order valence-electron chi connectivity index (χ3n) is 2.79. The van der Waals surface area contributed by atoms with Crippen molar-refractivity contribution < 1.29 is 33.4 Å². The van der Waals surface area contributed by atoms with E-state index in [0.717, 1.165) is 0 Å². The maximum absolute atomic E-state index is 12.4. The number of ether oxygens (including phenoxy) is 3. The van der Waals surface area contributed by atoms with Crippen molar-refractivity contribution in [3.05, 3.63) is 0 Å². The number of hydrogen-bond donors (Lipinski definition) is 1. The average Bonchev–Trinajstić information content (AvgIpc) is 2.42. The minimum absolute atomic E-state index is 0.0910. The Morgan fingerprint density at radius 1 is 1.12 bits per heavy atom. The zero-order valence-corrected chi connectivity index (χ0v) is 16.2. The number of thiol groups is 1. The first-order valence-electron chi connectivity index (χ1n) is 7.33. The van der Waals surface area contributed by atoms with Crippen LogP contribution in [0.5, 0.6) is 0 Å². The van der Waals surface area contributed by atoms with Crippen LogP contribution in [-0.2, 0) is 28.6 Å². The van der Waals surface area contributed by atoms with E-state index in [1.165, 1.54) is 6.92 Å². The summed E-state index contributed by atoms with van der Waals surface area (Å²) in [6.07, 6.45) is -0.375. The van der Waals surface area contributed by atoms with Crippen LogP contribution in [0.3, 0.4) is 0 Å². The van der Waals surface area contributed by atoms with Crippen LogP contribution in [0.1, 0.15) is 41.0 Å². The molecule has 0 heterocycles. The fraction of sp³-hybridized carbons (Fsp3) is 0.733. The summed E-state index contributed by atoms with van der Waals surface area (Å²) < 4.78 is 13.2. The summed E-state index contributed by atoms with van der Waals surface area (Å²) in [6.45, 7) is 7.21. The van der Waals surface area contributed by atoms with Crippen LogP contribution in [0, 0.1) is 5.92 Å². The summed E-state index contributed by atoms with van der Waals surface area (Å²) in [5.41, 5.74) is 0. The topological polar surface area (TPSA) is 96.0 Å². The van der Waals surface area contributed by atoms with Crippen molar-refractivity contribution in [2.24, 2.45) is 5.92 Å². The first kappa shape index (κ1) is 22.8. The zero-order chi connectivity index (χ0) is 18.9. The van der Waals surface area contributed by atoms with Gasteiger partial charge in [0, 0.05) is 19.1 Å². The van der Waals surface area contributed by atoms with Gasteiger partial charge in [0.15, 0.2) is 0 Å². The number of carbonyl (C=O) groups excluding carboxylic acids is 4. The van der Waals surface area contributed by atoms with Crippen LogP contribution in [-0.4, -0.2) is 46.4 Å². The van der Waals surface area contributed by atoms with Crippen LogP contribution in [0.25, 0.3) is 0 Å². The molecule has 0 aromatic heterocycles. The Morgan fingerprint density at radius 2 is 1.71 bits per heavy atom. The van der Waals surface area contributed by atoms with E-state index in [2.05, 4.69) is 17.4 Å². The van der Waals surface area contributed by atoms with Gasteiger partial charge in [-0.2, -0.15) is 12.6 Å². The summed E-state index contributed by atoms with van der Waals surface area (Å²) in [7, 11) is 0. The molecule has 0 rings (SSSR count). The number of thioether (sulfide) groups is 1. The van der Waals surface area contributed by atoms with Crippen LogP contribution < -0.4 is 0 Å². The van der Waals surface area contributed by atoms with Crippen molar-refractivity contribution in [1.29, 1.82) is 0 Å². The molecule has 0 radical (unpaired) electrons. The van der Waals surface area contributed by atoms with Crippen LogP contribution in [0.2, 0.25) is 0 Å². The first-order valence-corrected chi connectivity index (χ1v) is 8.78.